The van der Waals surface area contributed by atoms with Crippen LogP contribution in [0.4, 0.5) is 38.5 Å². The molecule has 6 aromatic rings. The zero-order valence-corrected chi connectivity index (χ0v) is 22.0. The molecular formula is C36H22BFN2O. The first-order chi connectivity index (χ1) is 20.3. The van der Waals surface area contributed by atoms with Crippen LogP contribution in [0.3, 0.4) is 0 Å². The van der Waals surface area contributed by atoms with E-state index in [0.717, 1.165) is 51.2 Å². The zero-order chi connectivity index (χ0) is 27.1. The smallest absolute Gasteiger partial charge is 0.252 e. The van der Waals surface area contributed by atoms with Gasteiger partial charge < -0.3 is 14.5 Å². The van der Waals surface area contributed by atoms with Gasteiger partial charge in [-0.2, -0.15) is 0 Å². The van der Waals surface area contributed by atoms with Crippen LogP contribution in [0.1, 0.15) is 0 Å². The first kappa shape index (κ1) is 22.5. The van der Waals surface area contributed by atoms with Crippen molar-refractivity contribution in [2.75, 3.05) is 9.80 Å². The number of rotatable bonds is 2. The topological polar surface area (TPSA) is 15.7 Å². The molecule has 3 heterocycles. The lowest BCUT2D eigenvalue weighted by Gasteiger charge is -2.46. The fourth-order valence-electron chi connectivity index (χ4n) is 6.85. The van der Waals surface area contributed by atoms with Crippen molar-refractivity contribution >= 4 is 57.2 Å². The summed E-state index contributed by atoms with van der Waals surface area (Å²) in [7, 11) is 0. The minimum atomic E-state index is -0.238. The number of hydrogen-bond donors (Lipinski definition) is 0. The molecule has 3 aliphatic rings. The number of nitrogens with zero attached hydrogens (tertiary/aromatic N) is 2. The van der Waals surface area contributed by atoms with Gasteiger partial charge in [0.25, 0.3) is 6.71 Å². The zero-order valence-electron chi connectivity index (χ0n) is 22.0. The number of halogens is 1. The second-order valence-corrected chi connectivity index (χ2v) is 10.7. The molecule has 0 aromatic heterocycles. The highest BCUT2D eigenvalue weighted by Gasteiger charge is 2.45. The first-order valence-electron chi connectivity index (χ1n) is 13.8. The molecule has 0 N–H and O–H groups in total. The van der Waals surface area contributed by atoms with E-state index in [2.05, 4.69) is 88.7 Å². The first-order valence-corrected chi connectivity index (χ1v) is 13.8. The Morgan fingerprint density at radius 2 is 1.20 bits per heavy atom. The van der Waals surface area contributed by atoms with Crippen molar-refractivity contribution < 1.29 is 9.13 Å². The SMILES string of the molecule is Fc1ccccc1-c1cc2c3c(c1)N1c4ccccc4Oc4cccc(c41)B3c1ccccc1N2c1ccccc1. The van der Waals surface area contributed by atoms with Gasteiger partial charge in [0.15, 0.2) is 11.5 Å². The standard InChI is InChI=1S/C36H22BFN2O/c38-28-16-6-4-13-25(28)23-21-31-35-32(22-23)40-30-18-8-9-19-33(30)41-34-20-10-15-27(36(34)40)37(35)26-14-5-7-17-29(26)39(31)24-11-2-1-3-12-24/h1-22H. The Morgan fingerprint density at radius 3 is 2.05 bits per heavy atom. The molecule has 0 amide bonds. The Hall–Kier alpha value is -5.29. The maximum absolute atomic E-state index is 15.4. The number of ether oxygens (including phenoxy) is 1. The van der Waals surface area contributed by atoms with Gasteiger partial charge in [-0.3, -0.25) is 0 Å². The molecule has 192 valence electrons. The minimum absolute atomic E-state index is 0.00843. The monoisotopic (exact) mass is 528 g/mol. The Labute approximate surface area is 237 Å². The summed E-state index contributed by atoms with van der Waals surface area (Å²) in [5, 5.41) is 0. The van der Waals surface area contributed by atoms with E-state index in [9.17, 15) is 0 Å². The van der Waals surface area contributed by atoms with Crippen molar-refractivity contribution in [1.29, 1.82) is 0 Å². The van der Waals surface area contributed by atoms with Crippen LogP contribution in [0, 0.1) is 5.82 Å². The summed E-state index contributed by atoms with van der Waals surface area (Å²) in [6, 6.07) is 44.9. The van der Waals surface area contributed by atoms with Gasteiger partial charge in [0.1, 0.15) is 5.82 Å². The predicted octanol–water partition coefficient (Wildman–Crippen LogP) is 7.68. The number of fused-ring (bicyclic) bond motifs is 6. The van der Waals surface area contributed by atoms with E-state index in [4.69, 9.17) is 4.74 Å². The van der Waals surface area contributed by atoms with Crippen molar-refractivity contribution in [3.8, 4) is 22.6 Å². The van der Waals surface area contributed by atoms with Gasteiger partial charge in [0.05, 0.1) is 11.4 Å². The molecule has 6 aromatic carbocycles. The van der Waals surface area contributed by atoms with Gasteiger partial charge in [-0.25, -0.2) is 4.39 Å². The number of para-hydroxylation sites is 5. The molecule has 41 heavy (non-hydrogen) atoms. The van der Waals surface area contributed by atoms with Gasteiger partial charge in [0, 0.05) is 28.3 Å². The fourth-order valence-corrected chi connectivity index (χ4v) is 6.85. The van der Waals surface area contributed by atoms with Crippen LogP contribution in [0.5, 0.6) is 11.5 Å². The normalized spacial score (nSPS) is 13.5. The van der Waals surface area contributed by atoms with Crippen molar-refractivity contribution in [1.82, 2.24) is 0 Å². The molecular weight excluding hydrogens is 506 g/mol. The molecule has 0 aliphatic carbocycles. The third-order valence-electron chi connectivity index (χ3n) is 8.49. The van der Waals surface area contributed by atoms with Crippen LogP contribution in [0.15, 0.2) is 133 Å². The van der Waals surface area contributed by atoms with E-state index in [-0.39, 0.29) is 12.5 Å². The number of hydrogen-bond acceptors (Lipinski definition) is 3. The van der Waals surface area contributed by atoms with E-state index >= 15 is 4.39 Å². The molecule has 0 fully saturated rings. The van der Waals surface area contributed by atoms with Gasteiger partial charge in [0.2, 0.25) is 0 Å². The summed E-state index contributed by atoms with van der Waals surface area (Å²) in [4.78, 5) is 4.65. The van der Waals surface area contributed by atoms with Gasteiger partial charge >= 0.3 is 0 Å². The Morgan fingerprint density at radius 1 is 0.537 bits per heavy atom. The van der Waals surface area contributed by atoms with E-state index in [1.165, 1.54) is 22.5 Å². The van der Waals surface area contributed by atoms with E-state index in [1.54, 1.807) is 6.07 Å². The van der Waals surface area contributed by atoms with Crippen molar-refractivity contribution in [3.63, 3.8) is 0 Å². The Kier molecular flexibility index (Phi) is 4.59. The average molecular weight is 528 g/mol. The number of anilines is 6. The maximum atomic E-state index is 15.4. The molecule has 3 aliphatic heterocycles. The second-order valence-electron chi connectivity index (χ2n) is 10.7. The van der Waals surface area contributed by atoms with Crippen LogP contribution in [-0.4, -0.2) is 6.71 Å². The molecule has 3 nitrogen and oxygen atoms in total. The quantitative estimate of drug-likeness (QED) is 0.214. The van der Waals surface area contributed by atoms with Crippen molar-refractivity contribution in [2.24, 2.45) is 0 Å². The molecule has 0 atom stereocenters. The summed E-state index contributed by atoms with van der Waals surface area (Å²) >= 11 is 0. The molecule has 0 spiro atoms. The van der Waals surface area contributed by atoms with E-state index in [1.807, 2.05) is 42.5 Å². The molecule has 0 saturated heterocycles. The summed E-state index contributed by atoms with van der Waals surface area (Å²) in [6.07, 6.45) is 0. The molecule has 0 unspecified atom stereocenters. The predicted molar refractivity (Wildman–Crippen MR) is 166 cm³/mol. The molecule has 9 rings (SSSR count). The summed E-state index contributed by atoms with van der Waals surface area (Å²) in [5.41, 5.74) is 11.3. The maximum Gasteiger partial charge on any atom is 0.252 e. The van der Waals surface area contributed by atoms with Crippen LogP contribution in [-0.2, 0) is 0 Å². The molecule has 0 saturated carbocycles. The summed E-state index contributed by atoms with van der Waals surface area (Å²) < 4.78 is 21.9. The second kappa shape index (κ2) is 8.36. The van der Waals surface area contributed by atoms with E-state index < -0.39 is 0 Å². The fraction of sp³-hybridized carbons (Fsp3) is 0. The Bertz CT molecular complexity index is 2030. The summed E-state index contributed by atoms with van der Waals surface area (Å²) in [6.45, 7) is -0.00843. The minimum Gasteiger partial charge on any atom is -0.453 e. The van der Waals surface area contributed by atoms with Gasteiger partial charge in [-0.05, 0) is 76.5 Å². The summed E-state index contributed by atoms with van der Waals surface area (Å²) in [5.74, 6) is 1.39. The lowest BCUT2D eigenvalue weighted by molar-refractivity contribution is 0.477. The largest absolute Gasteiger partial charge is 0.453 e. The third-order valence-corrected chi connectivity index (χ3v) is 8.49. The van der Waals surface area contributed by atoms with Gasteiger partial charge in [-0.15, -0.1) is 0 Å². The molecule has 0 bridgehead atoms. The highest BCUT2D eigenvalue weighted by molar-refractivity contribution is 7.00. The molecule has 0 radical (unpaired) electrons. The highest BCUT2D eigenvalue weighted by Crippen LogP contribution is 2.53. The van der Waals surface area contributed by atoms with Crippen LogP contribution >= 0.6 is 0 Å². The van der Waals surface area contributed by atoms with Crippen molar-refractivity contribution in [3.05, 3.63) is 139 Å². The van der Waals surface area contributed by atoms with Gasteiger partial charge in [-0.1, -0.05) is 78.9 Å². The lowest BCUT2D eigenvalue weighted by atomic mass is 9.33. The van der Waals surface area contributed by atoms with Crippen LogP contribution < -0.4 is 30.9 Å². The lowest BCUT2D eigenvalue weighted by Crippen LogP contribution is -2.61. The molecule has 5 heteroatoms. The van der Waals surface area contributed by atoms with E-state index in [0.29, 0.717) is 5.56 Å². The average Bonchev–Trinajstić information content (AvgIpc) is 3.02. The third kappa shape index (κ3) is 3.09. The highest BCUT2D eigenvalue weighted by atomic mass is 19.1. The van der Waals surface area contributed by atoms with Crippen LogP contribution in [0.2, 0.25) is 0 Å². The van der Waals surface area contributed by atoms with Crippen LogP contribution in [0.25, 0.3) is 11.1 Å². The Balaban J connectivity index is 1.44. The number of benzene rings is 6. The van der Waals surface area contributed by atoms with Crippen molar-refractivity contribution in [2.45, 2.75) is 0 Å².